The van der Waals surface area contributed by atoms with Gasteiger partial charge in [-0.15, -0.1) is 0 Å². The Morgan fingerprint density at radius 1 is 1.10 bits per heavy atom. The van der Waals surface area contributed by atoms with Gasteiger partial charge in [-0.05, 0) is 38.9 Å². The maximum absolute atomic E-state index is 3.23. The highest BCUT2D eigenvalue weighted by Crippen LogP contribution is 2.12. The van der Waals surface area contributed by atoms with Crippen LogP contribution in [0.1, 0.15) is 25.3 Å². The number of nitrogens with zero attached hydrogens (tertiary/aromatic N) is 2. The highest BCUT2D eigenvalue weighted by atomic mass is 15.3. The van der Waals surface area contributed by atoms with Gasteiger partial charge in [-0.3, -0.25) is 9.80 Å². The summed E-state index contributed by atoms with van der Waals surface area (Å²) in [6.07, 6.45) is 2.58. The van der Waals surface area contributed by atoms with E-state index in [9.17, 15) is 0 Å². The third kappa shape index (κ3) is 4.89. The molecule has 1 aliphatic heterocycles. The van der Waals surface area contributed by atoms with Crippen LogP contribution in [-0.4, -0.2) is 55.6 Å². The normalized spacial score (nSPS) is 19.1. The molecule has 1 atom stereocenters. The molecule has 1 unspecified atom stereocenters. The van der Waals surface area contributed by atoms with Gasteiger partial charge in [-0.1, -0.05) is 30.3 Å². The SMILES string of the molecule is CNCCCC(C)N1CCN(Cc2ccccc2)CC1. The van der Waals surface area contributed by atoms with Gasteiger partial charge in [-0.25, -0.2) is 0 Å². The zero-order valence-electron chi connectivity index (χ0n) is 13.0. The van der Waals surface area contributed by atoms with Crippen LogP contribution in [0.4, 0.5) is 0 Å². The second-order valence-electron chi connectivity index (χ2n) is 5.89. The molecule has 0 bridgehead atoms. The average molecular weight is 275 g/mol. The molecule has 1 aromatic carbocycles. The number of rotatable bonds is 7. The van der Waals surface area contributed by atoms with Crippen LogP contribution in [-0.2, 0) is 6.54 Å². The fourth-order valence-electron chi connectivity index (χ4n) is 2.96. The second kappa shape index (κ2) is 8.40. The Balaban J connectivity index is 1.69. The van der Waals surface area contributed by atoms with Crippen molar-refractivity contribution in [1.29, 1.82) is 0 Å². The van der Waals surface area contributed by atoms with Gasteiger partial charge in [0.25, 0.3) is 0 Å². The molecular formula is C17H29N3. The molecule has 1 heterocycles. The molecule has 0 spiro atoms. The van der Waals surface area contributed by atoms with Gasteiger partial charge in [0.15, 0.2) is 0 Å². The van der Waals surface area contributed by atoms with Gasteiger partial charge in [0, 0.05) is 38.8 Å². The number of hydrogen-bond acceptors (Lipinski definition) is 3. The van der Waals surface area contributed by atoms with Crippen LogP contribution in [0.15, 0.2) is 30.3 Å². The molecule has 0 aliphatic carbocycles. The first-order chi connectivity index (χ1) is 9.79. The van der Waals surface area contributed by atoms with Crippen molar-refractivity contribution in [2.24, 2.45) is 0 Å². The molecule has 1 aromatic rings. The Morgan fingerprint density at radius 3 is 2.45 bits per heavy atom. The second-order valence-corrected chi connectivity index (χ2v) is 5.89. The lowest BCUT2D eigenvalue weighted by Gasteiger charge is -2.38. The first-order valence-corrected chi connectivity index (χ1v) is 7.94. The van der Waals surface area contributed by atoms with Crippen molar-refractivity contribution in [2.45, 2.75) is 32.4 Å². The predicted octanol–water partition coefficient (Wildman–Crippen LogP) is 2.19. The first kappa shape index (κ1) is 15.5. The molecule has 3 heteroatoms. The summed E-state index contributed by atoms with van der Waals surface area (Å²) in [6.45, 7) is 9.45. The Morgan fingerprint density at radius 2 is 1.80 bits per heavy atom. The lowest BCUT2D eigenvalue weighted by atomic mass is 10.1. The van der Waals surface area contributed by atoms with Gasteiger partial charge in [-0.2, -0.15) is 0 Å². The van der Waals surface area contributed by atoms with Crippen molar-refractivity contribution < 1.29 is 0 Å². The average Bonchev–Trinajstić information content (AvgIpc) is 2.49. The lowest BCUT2D eigenvalue weighted by Crippen LogP contribution is -2.49. The van der Waals surface area contributed by atoms with Crippen LogP contribution in [0.2, 0.25) is 0 Å². The summed E-state index contributed by atoms with van der Waals surface area (Å²) in [5.74, 6) is 0. The summed E-state index contributed by atoms with van der Waals surface area (Å²) >= 11 is 0. The van der Waals surface area contributed by atoms with E-state index < -0.39 is 0 Å². The Hall–Kier alpha value is -0.900. The monoisotopic (exact) mass is 275 g/mol. The minimum absolute atomic E-state index is 0.724. The molecule has 1 fully saturated rings. The summed E-state index contributed by atoms with van der Waals surface area (Å²) in [5.41, 5.74) is 1.43. The quantitative estimate of drug-likeness (QED) is 0.770. The van der Waals surface area contributed by atoms with E-state index in [4.69, 9.17) is 0 Å². The summed E-state index contributed by atoms with van der Waals surface area (Å²) in [5, 5.41) is 3.23. The van der Waals surface area contributed by atoms with Crippen LogP contribution in [0.3, 0.4) is 0 Å². The van der Waals surface area contributed by atoms with Crippen molar-refractivity contribution >= 4 is 0 Å². The smallest absolute Gasteiger partial charge is 0.0234 e. The van der Waals surface area contributed by atoms with Crippen molar-refractivity contribution in [3.05, 3.63) is 35.9 Å². The molecule has 20 heavy (non-hydrogen) atoms. The Kier molecular flexibility index (Phi) is 6.51. The molecular weight excluding hydrogens is 246 g/mol. The summed E-state index contributed by atoms with van der Waals surface area (Å²) in [7, 11) is 2.03. The number of nitrogens with one attached hydrogen (secondary N) is 1. The Labute approximate surface area is 124 Å². The van der Waals surface area contributed by atoms with E-state index in [2.05, 4.69) is 52.4 Å². The van der Waals surface area contributed by atoms with E-state index >= 15 is 0 Å². The largest absolute Gasteiger partial charge is 0.320 e. The standard InChI is InChI=1S/C17H29N3/c1-16(7-6-10-18-2)20-13-11-19(12-14-20)15-17-8-4-3-5-9-17/h3-5,8-9,16,18H,6-7,10-15H2,1-2H3. The van der Waals surface area contributed by atoms with Crippen LogP contribution in [0.25, 0.3) is 0 Å². The number of benzene rings is 1. The zero-order valence-corrected chi connectivity index (χ0v) is 13.0. The van der Waals surface area contributed by atoms with E-state index in [-0.39, 0.29) is 0 Å². The molecule has 3 nitrogen and oxygen atoms in total. The maximum atomic E-state index is 3.23. The van der Waals surface area contributed by atoms with Crippen LogP contribution >= 0.6 is 0 Å². The molecule has 0 amide bonds. The topological polar surface area (TPSA) is 18.5 Å². The lowest BCUT2D eigenvalue weighted by molar-refractivity contribution is 0.0938. The van der Waals surface area contributed by atoms with Crippen LogP contribution in [0, 0.1) is 0 Å². The van der Waals surface area contributed by atoms with Crippen molar-refractivity contribution in [3.8, 4) is 0 Å². The maximum Gasteiger partial charge on any atom is 0.0234 e. The predicted molar refractivity (Wildman–Crippen MR) is 85.9 cm³/mol. The Bertz CT molecular complexity index is 358. The van der Waals surface area contributed by atoms with Crippen molar-refractivity contribution in [1.82, 2.24) is 15.1 Å². The zero-order chi connectivity index (χ0) is 14.2. The molecule has 0 radical (unpaired) electrons. The van der Waals surface area contributed by atoms with Gasteiger partial charge in [0.1, 0.15) is 0 Å². The molecule has 0 saturated carbocycles. The minimum atomic E-state index is 0.724. The molecule has 1 aliphatic rings. The van der Waals surface area contributed by atoms with E-state index in [1.165, 1.54) is 44.6 Å². The third-order valence-corrected chi connectivity index (χ3v) is 4.33. The third-order valence-electron chi connectivity index (χ3n) is 4.33. The van der Waals surface area contributed by atoms with Gasteiger partial charge in [0.2, 0.25) is 0 Å². The molecule has 1 saturated heterocycles. The van der Waals surface area contributed by atoms with E-state index in [1.807, 2.05) is 7.05 Å². The van der Waals surface area contributed by atoms with E-state index in [0.717, 1.165) is 19.1 Å². The summed E-state index contributed by atoms with van der Waals surface area (Å²) in [4.78, 5) is 5.23. The highest BCUT2D eigenvalue weighted by Gasteiger charge is 2.20. The van der Waals surface area contributed by atoms with Crippen molar-refractivity contribution in [2.75, 3.05) is 39.8 Å². The summed E-state index contributed by atoms with van der Waals surface area (Å²) in [6, 6.07) is 11.5. The fourth-order valence-corrected chi connectivity index (χ4v) is 2.96. The van der Waals surface area contributed by atoms with E-state index in [0.29, 0.717) is 0 Å². The summed E-state index contributed by atoms with van der Waals surface area (Å²) < 4.78 is 0. The molecule has 1 N–H and O–H groups in total. The van der Waals surface area contributed by atoms with Gasteiger partial charge in [0.05, 0.1) is 0 Å². The van der Waals surface area contributed by atoms with Gasteiger partial charge >= 0.3 is 0 Å². The number of hydrogen-bond donors (Lipinski definition) is 1. The van der Waals surface area contributed by atoms with Crippen LogP contribution in [0.5, 0.6) is 0 Å². The fraction of sp³-hybridized carbons (Fsp3) is 0.647. The molecule has 0 aromatic heterocycles. The van der Waals surface area contributed by atoms with E-state index in [1.54, 1.807) is 0 Å². The van der Waals surface area contributed by atoms with Crippen LogP contribution < -0.4 is 5.32 Å². The molecule has 112 valence electrons. The minimum Gasteiger partial charge on any atom is -0.320 e. The molecule has 2 rings (SSSR count). The number of piperazine rings is 1. The highest BCUT2D eigenvalue weighted by molar-refractivity contribution is 5.14. The first-order valence-electron chi connectivity index (χ1n) is 7.94. The van der Waals surface area contributed by atoms with Crippen molar-refractivity contribution in [3.63, 3.8) is 0 Å². The van der Waals surface area contributed by atoms with Gasteiger partial charge < -0.3 is 5.32 Å².